The van der Waals surface area contributed by atoms with Crippen molar-refractivity contribution in [3.63, 3.8) is 0 Å². The number of nitrogens with zero attached hydrogens (tertiary/aromatic N) is 1. The molecule has 5 nitrogen and oxygen atoms in total. The maximum Gasteiger partial charge on any atom is 0.254 e. The third kappa shape index (κ3) is 5.00. The second-order valence-electron chi connectivity index (χ2n) is 5.26. The van der Waals surface area contributed by atoms with E-state index in [9.17, 15) is 18.4 Å². The Labute approximate surface area is 144 Å². The standard InChI is InChI=1S/C18H18F2N2O3/c1-3-22(18(24)12-7-13(19)9-14(20)8-12)11-17(23)21-15-5-4-6-16(10-15)25-2/h4-10H,3,11H2,1-2H3,(H,21,23). The van der Waals surface area contributed by atoms with Crippen LogP contribution in [0.15, 0.2) is 42.5 Å². The molecule has 2 rings (SSSR count). The number of nitrogens with one attached hydrogen (secondary N) is 1. The summed E-state index contributed by atoms with van der Waals surface area (Å²) >= 11 is 0. The van der Waals surface area contributed by atoms with Crippen molar-refractivity contribution in [2.75, 3.05) is 25.5 Å². The predicted octanol–water partition coefficient (Wildman–Crippen LogP) is 3.07. The van der Waals surface area contributed by atoms with E-state index in [2.05, 4.69) is 5.32 Å². The Bertz CT molecular complexity index is 760. The lowest BCUT2D eigenvalue weighted by Gasteiger charge is -2.20. The number of carbonyl (C=O) groups excluding carboxylic acids is 2. The lowest BCUT2D eigenvalue weighted by Crippen LogP contribution is -2.38. The first-order valence-corrected chi connectivity index (χ1v) is 7.62. The molecule has 0 aliphatic carbocycles. The molecule has 0 radical (unpaired) electrons. The normalized spacial score (nSPS) is 10.2. The number of amides is 2. The van der Waals surface area contributed by atoms with Crippen molar-refractivity contribution in [3.8, 4) is 5.75 Å². The van der Waals surface area contributed by atoms with Crippen LogP contribution in [0.2, 0.25) is 0 Å². The van der Waals surface area contributed by atoms with Crippen molar-refractivity contribution < 1.29 is 23.1 Å². The summed E-state index contributed by atoms with van der Waals surface area (Å²) in [6.45, 7) is 1.64. The highest BCUT2D eigenvalue weighted by Gasteiger charge is 2.19. The molecule has 0 spiro atoms. The van der Waals surface area contributed by atoms with Gasteiger partial charge in [-0.1, -0.05) is 6.07 Å². The van der Waals surface area contributed by atoms with E-state index in [1.54, 1.807) is 31.2 Å². The van der Waals surface area contributed by atoms with Crippen molar-refractivity contribution in [2.45, 2.75) is 6.92 Å². The fourth-order valence-corrected chi connectivity index (χ4v) is 2.26. The van der Waals surface area contributed by atoms with Crippen molar-refractivity contribution in [1.82, 2.24) is 4.90 Å². The third-order valence-electron chi connectivity index (χ3n) is 3.47. The second kappa shape index (κ2) is 8.23. The van der Waals surface area contributed by atoms with Crippen molar-refractivity contribution >= 4 is 17.5 Å². The molecule has 7 heteroatoms. The van der Waals surface area contributed by atoms with Crippen LogP contribution in [0.5, 0.6) is 5.75 Å². The van der Waals surface area contributed by atoms with Crippen LogP contribution in [0, 0.1) is 11.6 Å². The molecule has 132 valence electrons. The lowest BCUT2D eigenvalue weighted by atomic mass is 10.2. The van der Waals surface area contributed by atoms with E-state index >= 15 is 0 Å². The molecule has 0 fully saturated rings. The molecule has 0 saturated heterocycles. The largest absolute Gasteiger partial charge is 0.497 e. The highest BCUT2D eigenvalue weighted by atomic mass is 19.1. The highest BCUT2D eigenvalue weighted by molar-refractivity contribution is 5.99. The minimum absolute atomic E-state index is 0.145. The number of methoxy groups -OCH3 is 1. The van der Waals surface area contributed by atoms with E-state index in [1.165, 1.54) is 12.0 Å². The first-order valence-electron chi connectivity index (χ1n) is 7.62. The average Bonchev–Trinajstić information content (AvgIpc) is 2.58. The summed E-state index contributed by atoms with van der Waals surface area (Å²) in [5.74, 6) is -2.17. The Hall–Kier alpha value is -2.96. The van der Waals surface area contributed by atoms with Crippen molar-refractivity contribution in [2.24, 2.45) is 0 Å². The molecule has 0 atom stereocenters. The Morgan fingerprint density at radius 1 is 1.12 bits per heavy atom. The van der Waals surface area contributed by atoms with Crippen LogP contribution in [0.1, 0.15) is 17.3 Å². The predicted molar refractivity (Wildman–Crippen MR) is 89.6 cm³/mol. The third-order valence-corrected chi connectivity index (χ3v) is 3.47. The first-order chi connectivity index (χ1) is 11.9. The first kappa shape index (κ1) is 18.4. The number of likely N-dealkylation sites (N-methyl/N-ethyl adjacent to an activating group) is 1. The number of halogens is 2. The Kier molecular flexibility index (Phi) is 6.05. The minimum Gasteiger partial charge on any atom is -0.497 e. The van der Waals surface area contributed by atoms with Gasteiger partial charge in [0, 0.05) is 29.9 Å². The van der Waals surface area contributed by atoms with Crippen LogP contribution in [-0.4, -0.2) is 36.9 Å². The smallest absolute Gasteiger partial charge is 0.254 e. The van der Waals surface area contributed by atoms with Gasteiger partial charge in [0.05, 0.1) is 7.11 Å². The summed E-state index contributed by atoms with van der Waals surface area (Å²) < 4.78 is 31.6. The van der Waals surface area contributed by atoms with Gasteiger partial charge in [-0.15, -0.1) is 0 Å². The van der Waals surface area contributed by atoms with Gasteiger partial charge in [0.25, 0.3) is 5.91 Å². The number of rotatable bonds is 6. The summed E-state index contributed by atoms with van der Waals surface area (Å²) in [4.78, 5) is 25.7. The summed E-state index contributed by atoms with van der Waals surface area (Å²) in [6, 6.07) is 9.33. The number of anilines is 1. The van der Waals surface area contributed by atoms with Crippen LogP contribution in [0.4, 0.5) is 14.5 Å². The monoisotopic (exact) mass is 348 g/mol. The zero-order valence-corrected chi connectivity index (χ0v) is 13.9. The maximum absolute atomic E-state index is 13.3. The minimum atomic E-state index is -0.847. The summed E-state index contributed by atoms with van der Waals surface area (Å²) in [5, 5.41) is 2.65. The van der Waals surface area contributed by atoms with E-state index in [1.807, 2.05) is 0 Å². The molecular weight excluding hydrogens is 330 g/mol. The van der Waals surface area contributed by atoms with Crippen LogP contribution in [0.25, 0.3) is 0 Å². The number of benzene rings is 2. The Morgan fingerprint density at radius 3 is 2.40 bits per heavy atom. The molecule has 25 heavy (non-hydrogen) atoms. The SMILES string of the molecule is CCN(CC(=O)Nc1cccc(OC)c1)C(=O)c1cc(F)cc(F)c1. The van der Waals surface area contributed by atoms with Gasteiger partial charge in [0.15, 0.2) is 0 Å². The van der Waals surface area contributed by atoms with Crippen molar-refractivity contribution in [3.05, 3.63) is 59.7 Å². The molecule has 0 aliphatic heterocycles. The van der Waals surface area contributed by atoms with Gasteiger partial charge in [-0.05, 0) is 31.2 Å². The van der Waals surface area contributed by atoms with E-state index < -0.39 is 23.4 Å². The highest BCUT2D eigenvalue weighted by Crippen LogP contribution is 2.17. The van der Waals surface area contributed by atoms with E-state index in [0.717, 1.165) is 12.1 Å². The molecule has 0 aliphatic rings. The molecule has 2 aromatic carbocycles. The molecule has 2 aromatic rings. The fraction of sp³-hybridized carbons (Fsp3) is 0.222. The van der Waals surface area contributed by atoms with Crippen molar-refractivity contribution in [1.29, 1.82) is 0 Å². The number of hydrogen-bond donors (Lipinski definition) is 1. The van der Waals surface area contributed by atoms with Gasteiger partial charge in [-0.25, -0.2) is 8.78 Å². The number of ether oxygens (including phenoxy) is 1. The summed E-state index contributed by atoms with van der Waals surface area (Å²) in [5.41, 5.74) is 0.373. The maximum atomic E-state index is 13.3. The zero-order chi connectivity index (χ0) is 18.4. The van der Waals surface area contributed by atoms with Crippen LogP contribution in [-0.2, 0) is 4.79 Å². The van der Waals surface area contributed by atoms with Gasteiger partial charge < -0.3 is 15.0 Å². The number of hydrogen-bond acceptors (Lipinski definition) is 3. The van der Waals surface area contributed by atoms with Gasteiger partial charge >= 0.3 is 0 Å². The molecule has 0 bridgehead atoms. The summed E-state index contributed by atoms with van der Waals surface area (Å²) in [7, 11) is 1.51. The molecule has 0 saturated carbocycles. The molecule has 0 aromatic heterocycles. The average molecular weight is 348 g/mol. The van der Waals surface area contributed by atoms with E-state index in [-0.39, 0.29) is 18.7 Å². The van der Waals surface area contributed by atoms with E-state index in [0.29, 0.717) is 17.5 Å². The van der Waals surface area contributed by atoms with E-state index in [4.69, 9.17) is 4.74 Å². The van der Waals surface area contributed by atoms with Gasteiger partial charge in [0.2, 0.25) is 5.91 Å². The van der Waals surface area contributed by atoms with Gasteiger partial charge in [-0.2, -0.15) is 0 Å². The van der Waals surface area contributed by atoms with Crippen LogP contribution >= 0.6 is 0 Å². The molecular formula is C18H18F2N2O3. The van der Waals surface area contributed by atoms with Crippen LogP contribution in [0.3, 0.4) is 0 Å². The zero-order valence-electron chi connectivity index (χ0n) is 13.9. The number of carbonyl (C=O) groups is 2. The molecule has 2 amide bonds. The molecule has 0 heterocycles. The quantitative estimate of drug-likeness (QED) is 0.873. The molecule has 0 unspecified atom stereocenters. The topological polar surface area (TPSA) is 58.6 Å². The lowest BCUT2D eigenvalue weighted by molar-refractivity contribution is -0.116. The second-order valence-corrected chi connectivity index (χ2v) is 5.26. The van der Waals surface area contributed by atoms with Crippen LogP contribution < -0.4 is 10.1 Å². The Balaban J connectivity index is 2.07. The Morgan fingerprint density at radius 2 is 1.80 bits per heavy atom. The van der Waals surface area contributed by atoms with Gasteiger partial charge in [-0.3, -0.25) is 9.59 Å². The summed E-state index contributed by atoms with van der Waals surface area (Å²) in [6.07, 6.45) is 0. The van der Waals surface area contributed by atoms with Gasteiger partial charge in [0.1, 0.15) is 23.9 Å². The fourth-order valence-electron chi connectivity index (χ4n) is 2.26. The molecule has 1 N–H and O–H groups in total.